The zero-order valence-corrected chi connectivity index (χ0v) is 24.1. The molecule has 1 aliphatic carbocycles. The van der Waals surface area contributed by atoms with Crippen LogP contribution in [-0.4, -0.2) is 86.7 Å². The maximum absolute atomic E-state index is 13.7. The average molecular weight is 571 g/mol. The third kappa shape index (κ3) is 8.85. The van der Waals surface area contributed by atoms with Gasteiger partial charge in [0.2, 0.25) is 17.7 Å². The maximum Gasteiger partial charge on any atom is 0.243 e. The minimum absolute atomic E-state index is 0.126. The van der Waals surface area contributed by atoms with Crippen molar-refractivity contribution in [3.63, 3.8) is 0 Å². The number of hydrogen-bond donors (Lipinski definition) is 4. The molecule has 2 aliphatic heterocycles. The molecule has 0 spiro atoms. The lowest BCUT2D eigenvalue weighted by molar-refractivity contribution is -0.134. The number of benzene rings is 1. The van der Waals surface area contributed by atoms with Crippen LogP contribution in [0.3, 0.4) is 0 Å². The molecule has 11 heteroatoms. The van der Waals surface area contributed by atoms with Gasteiger partial charge >= 0.3 is 0 Å². The van der Waals surface area contributed by atoms with Gasteiger partial charge in [0.1, 0.15) is 23.4 Å². The number of nitrogens with one attached hydrogen (secondary N) is 4. The van der Waals surface area contributed by atoms with Gasteiger partial charge in [-0.05, 0) is 57.2 Å². The van der Waals surface area contributed by atoms with Gasteiger partial charge in [-0.15, -0.1) is 0 Å². The third-order valence-electron chi connectivity index (χ3n) is 7.75. The van der Waals surface area contributed by atoms with Crippen molar-refractivity contribution in [2.45, 2.75) is 82.2 Å². The summed E-state index contributed by atoms with van der Waals surface area (Å²) >= 11 is 0. The number of allylic oxidation sites excluding steroid dienone is 1. The molecule has 2 fully saturated rings. The number of ketones is 1. The molecular formula is C30H42N4O7. The molecule has 3 aliphatic rings. The molecular weight excluding hydrogens is 528 g/mol. The lowest BCUT2D eigenvalue weighted by Crippen LogP contribution is -2.57. The van der Waals surface area contributed by atoms with Crippen molar-refractivity contribution >= 4 is 23.5 Å². The fourth-order valence-corrected chi connectivity index (χ4v) is 5.11. The van der Waals surface area contributed by atoms with Gasteiger partial charge in [0, 0.05) is 19.5 Å². The van der Waals surface area contributed by atoms with Crippen LogP contribution in [0, 0.1) is 0 Å². The smallest absolute Gasteiger partial charge is 0.243 e. The van der Waals surface area contributed by atoms with E-state index < -0.39 is 35.5 Å². The fourth-order valence-electron chi connectivity index (χ4n) is 5.11. The van der Waals surface area contributed by atoms with Gasteiger partial charge in [-0.25, -0.2) is 0 Å². The summed E-state index contributed by atoms with van der Waals surface area (Å²) in [7, 11) is 1.57. The van der Waals surface area contributed by atoms with E-state index in [0.29, 0.717) is 31.9 Å². The van der Waals surface area contributed by atoms with Crippen molar-refractivity contribution < 1.29 is 33.4 Å². The molecule has 0 aromatic heterocycles. The molecule has 1 aromatic rings. The molecule has 11 nitrogen and oxygen atoms in total. The lowest BCUT2D eigenvalue weighted by Gasteiger charge is -2.26. The van der Waals surface area contributed by atoms with E-state index in [0.717, 1.165) is 36.9 Å². The second-order valence-corrected chi connectivity index (χ2v) is 11.2. The van der Waals surface area contributed by atoms with Gasteiger partial charge < -0.3 is 35.5 Å². The molecule has 0 saturated carbocycles. The monoisotopic (exact) mass is 570 g/mol. The lowest BCUT2D eigenvalue weighted by atomic mass is 9.94. The number of rotatable bonds is 14. The molecule has 4 rings (SSSR count). The number of carbonyl (C=O) groups is 4. The van der Waals surface area contributed by atoms with Crippen molar-refractivity contribution in [2.24, 2.45) is 0 Å². The summed E-state index contributed by atoms with van der Waals surface area (Å²) in [6.45, 7) is 5.46. The maximum atomic E-state index is 13.7. The molecule has 5 atom stereocenters. The largest absolute Gasteiger partial charge is 0.497 e. The zero-order chi connectivity index (χ0) is 29.4. The van der Waals surface area contributed by atoms with Crippen LogP contribution in [0.4, 0.5) is 0 Å². The van der Waals surface area contributed by atoms with Crippen molar-refractivity contribution in [1.29, 1.82) is 0 Å². The zero-order valence-electron chi connectivity index (χ0n) is 24.1. The number of Topliss-reactive ketones (excluding diaryl/α,β-unsaturated/α-hetero) is 1. The topological polar surface area (TPSA) is 147 Å². The van der Waals surface area contributed by atoms with Crippen LogP contribution in [0.5, 0.6) is 5.75 Å². The van der Waals surface area contributed by atoms with E-state index in [-0.39, 0.29) is 30.6 Å². The van der Waals surface area contributed by atoms with Crippen LogP contribution in [0.25, 0.3) is 0 Å². The van der Waals surface area contributed by atoms with Crippen LogP contribution < -0.4 is 26.0 Å². The quantitative estimate of drug-likeness (QED) is 0.191. The summed E-state index contributed by atoms with van der Waals surface area (Å²) < 4.78 is 16.2. The van der Waals surface area contributed by atoms with Crippen LogP contribution in [0.2, 0.25) is 0 Å². The number of epoxide rings is 1. The first-order valence-electron chi connectivity index (χ1n) is 14.4. The molecule has 224 valence electrons. The first kappa shape index (κ1) is 30.7. The summed E-state index contributed by atoms with van der Waals surface area (Å²) in [6.07, 6.45) is 5.47. The number of hydrogen-bond acceptors (Lipinski definition) is 8. The number of morpholine rings is 1. The predicted molar refractivity (Wildman–Crippen MR) is 151 cm³/mol. The van der Waals surface area contributed by atoms with Crippen LogP contribution in [0.1, 0.15) is 51.5 Å². The Hall–Kier alpha value is -3.28. The molecule has 3 amide bonds. The number of carbonyl (C=O) groups excluding carboxylic acids is 4. The Bertz CT molecular complexity index is 1130. The number of amides is 3. The molecule has 4 N–H and O–H groups in total. The van der Waals surface area contributed by atoms with Crippen LogP contribution >= 0.6 is 0 Å². The molecule has 1 aromatic carbocycles. The Morgan fingerprint density at radius 3 is 2.41 bits per heavy atom. The molecule has 41 heavy (non-hydrogen) atoms. The Balaban J connectivity index is 1.44. The van der Waals surface area contributed by atoms with Crippen LogP contribution in [-0.2, 0) is 35.1 Å². The highest BCUT2D eigenvalue weighted by atomic mass is 16.6. The Labute approximate surface area is 241 Å². The summed E-state index contributed by atoms with van der Waals surface area (Å²) in [6, 6.07) is 4.56. The van der Waals surface area contributed by atoms with Crippen molar-refractivity contribution in [2.75, 3.05) is 33.4 Å². The summed E-state index contributed by atoms with van der Waals surface area (Å²) in [5.74, 6) is -0.802. The third-order valence-corrected chi connectivity index (χ3v) is 7.75. The second-order valence-electron chi connectivity index (χ2n) is 11.2. The molecule has 0 radical (unpaired) electrons. The summed E-state index contributed by atoms with van der Waals surface area (Å²) in [5, 5.41) is 11.6. The molecule has 1 unspecified atom stereocenters. The Morgan fingerprint density at radius 1 is 1.07 bits per heavy atom. The molecule has 2 heterocycles. The average Bonchev–Trinajstić information content (AvgIpc) is 3.51. The van der Waals surface area contributed by atoms with Crippen molar-refractivity contribution in [3.05, 3.63) is 41.5 Å². The normalized spacial score (nSPS) is 23.9. The summed E-state index contributed by atoms with van der Waals surface area (Å²) in [5.41, 5.74) is 1.03. The molecule has 0 bridgehead atoms. The van der Waals surface area contributed by atoms with E-state index in [9.17, 15) is 19.2 Å². The van der Waals surface area contributed by atoms with E-state index in [4.69, 9.17) is 14.2 Å². The fraction of sp³-hybridized carbons (Fsp3) is 0.600. The highest BCUT2D eigenvalue weighted by molar-refractivity contribution is 5.98. The van der Waals surface area contributed by atoms with Crippen molar-refractivity contribution in [3.8, 4) is 5.75 Å². The van der Waals surface area contributed by atoms with Gasteiger partial charge in [0.05, 0.1) is 38.9 Å². The van der Waals surface area contributed by atoms with Crippen LogP contribution in [0.15, 0.2) is 35.9 Å². The number of methoxy groups -OCH3 is 1. The van der Waals surface area contributed by atoms with Gasteiger partial charge in [0.25, 0.3) is 0 Å². The van der Waals surface area contributed by atoms with Gasteiger partial charge in [-0.3, -0.25) is 19.2 Å². The number of ether oxygens (including phenoxy) is 3. The summed E-state index contributed by atoms with van der Waals surface area (Å²) in [4.78, 5) is 52.7. The second kappa shape index (κ2) is 14.1. The van der Waals surface area contributed by atoms with Gasteiger partial charge in [0.15, 0.2) is 5.78 Å². The Kier molecular flexibility index (Phi) is 10.5. The minimum atomic E-state index is -0.984. The first-order chi connectivity index (χ1) is 19.7. The first-order valence-corrected chi connectivity index (χ1v) is 14.4. The highest BCUT2D eigenvalue weighted by Crippen LogP contribution is 2.31. The minimum Gasteiger partial charge on any atom is -0.497 e. The molecule has 2 saturated heterocycles. The SMILES string of the molecule is COc1ccc(C[C@H](NC(=O)[C@H](C)NC(=O)CC2CNCCO2)C(=O)N[C@@H](CC2=CCCC2)C(=O)[C@@]2(C)CO2)cc1. The Morgan fingerprint density at radius 2 is 1.80 bits per heavy atom. The standard InChI is InChI=1S/C30H42N4O7/c1-19(32-26(35)16-23-17-31-12-13-40-23)28(37)34-25(15-21-8-10-22(39-3)11-9-21)29(38)33-24(14-20-6-4-5-7-20)27(36)30(2)18-41-30/h6,8-11,19,23-25,31H,4-5,7,12-18H2,1-3H3,(H,32,35)(H,33,38)(H,34,37)/t19-,23?,24-,25-,30+/m0/s1. The van der Waals surface area contributed by atoms with E-state index in [1.165, 1.54) is 0 Å². The van der Waals surface area contributed by atoms with Gasteiger partial charge in [-0.2, -0.15) is 0 Å². The van der Waals surface area contributed by atoms with E-state index in [1.807, 2.05) is 12.1 Å². The highest BCUT2D eigenvalue weighted by Gasteiger charge is 2.50. The van der Waals surface area contributed by atoms with E-state index in [1.54, 1.807) is 33.1 Å². The predicted octanol–water partition coefficient (Wildman–Crippen LogP) is 0.949. The van der Waals surface area contributed by atoms with E-state index in [2.05, 4.69) is 27.3 Å². The van der Waals surface area contributed by atoms with Crippen molar-refractivity contribution in [1.82, 2.24) is 21.3 Å². The van der Waals surface area contributed by atoms with E-state index >= 15 is 0 Å². The van der Waals surface area contributed by atoms with Gasteiger partial charge in [-0.1, -0.05) is 23.8 Å².